The van der Waals surface area contributed by atoms with Crippen molar-refractivity contribution in [1.82, 2.24) is 0 Å². The summed E-state index contributed by atoms with van der Waals surface area (Å²) < 4.78 is 15.4. The molecule has 78 valence electrons. The first-order valence-electron chi connectivity index (χ1n) is 3.86. The number of carbonyl (C=O) groups is 1. The van der Waals surface area contributed by atoms with E-state index in [4.69, 9.17) is 14.2 Å². The Balaban J connectivity index is 3.85. The van der Waals surface area contributed by atoms with Gasteiger partial charge in [-0.1, -0.05) is 0 Å². The fourth-order valence-corrected chi connectivity index (χ4v) is 1.89. The third kappa shape index (κ3) is 9.75. The molecule has 7 heteroatoms. The summed E-state index contributed by atoms with van der Waals surface area (Å²) in [6.07, 6.45) is -0.648. The van der Waals surface area contributed by atoms with Crippen LogP contribution in [-0.2, 0) is 13.8 Å². The van der Waals surface area contributed by atoms with Gasteiger partial charge in [-0.05, 0) is 19.6 Å². The Bertz CT molecular complexity index is 228. The van der Waals surface area contributed by atoms with Crippen LogP contribution in [0.2, 0.25) is 19.6 Å². The summed E-state index contributed by atoms with van der Waals surface area (Å²) in [5, 5.41) is 0. The van der Waals surface area contributed by atoms with Crippen molar-refractivity contribution in [2.24, 2.45) is 0 Å². The van der Waals surface area contributed by atoms with E-state index in [2.05, 4.69) is 0 Å². The topological polar surface area (TPSA) is 83.8 Å². The number of hydrogen-bond acceptors (Lipinski definition) is 3. The van der Waals surface area contributed by atoms with Gasteiger partial charge < -0.3 is 14.2 Å². The van der Waals surface area contributed by atoms with Crippen molar-refractivity contribution in [2.75, 3.05) is 6.16 Å². The van der Waals surface area contributed by atoms with Crippen LogP contribution < -0.4 is 0 Å². The first-order valence-corrected chi connectivity index (χ1v) is 9.07. The largest absolute Gasteiger partial charge is 0.520 e. The van der Waals surface area contributed by atoms with E-state index in [9.17, 15) is 9.36 Å². The second kappa shape index (κ2) is 4.37. The van der Waals surface area contributed by atoms with Crippen molar-refractivity contribution in [1.29, 1.82) is 0 Å². The molecule has 13 heavy (non-hydrogen) atoms. The Hall–Kier alpha value is -0.163. The molecule has 0 spiro atoms. The van der Waals surface area contributed by atoms with Gasteiger partial charge in [0.1, 0.15) is 0 Å². The van der Waals surface area contributed by atoms with Gasteiger partial charge in [-0.15, -0.1) is 0 Å². The van der Waals surface area contributed by atoms with Crippen LogP contribution in [0.3, 0.4) is 0 Å². The van der Waals surface area contributed by atoms with Gasteiger partial charge >= 0.3 is 7.60 Å². The van der Waals surface area contributed by atoms with E-state index in [1.54, 1.807) is 0 Å². The number of hydrogen-bond donors (Lipinski definition) is 2. The molecule has 0 aliphatic heterocycles. The number of carbonyl (C=O) groups excluding carboxylic acids is 1. The molecule has 0 aliphatic rings. The van der Waals surface area contributed by atoms with Gasteiger partial charge in [-0.3, -0.25) is 9.36 Å². The van der Waals surface area contributed by atoms with Gasteiger partial charge in [0, 0.05) is 0 Å². The first kappa shape index (κ1) is 12.8. The second-order valence-electron chi connectivity index (χ2n) is 3.72. The lowest BCUT2D eigenvalue weighted by atomic mass is 10.5. The van der Waals surface area contributed by atoms with Gasteiger partial charge in [0.15, 0.2) is 0 Å². The summed E-state index contributed by atoms with van der Waals surface area (Å²) in [5.41, 5.74) is 0. The third-order valence-corrected chi connectivity index (χ3v) is 2.67. The van der Waals surface area contributed by atoms with Crippen molar-refractivity contribution in [3.63, 3.8) is 0 Å². The van der Waals surface area contributed by atoms with Gasteiger partial charge in [0.05, 0.1) is 12.6 Å². The predicted octanol–water partition coefficient (Wildman–Crippen LogP) is 0.932. The lowest BCUT2D eigenvalue weighted by Crippen LogP contribution is -2.29. The molecule has 0 aromatic heterocycles. The van der Waals surface area contributed by atoms with Gasteiger partial charge in [0.2, 0.25) is 8.32 Å². The smallest absolute Gasteiger partial charge is 0.326 e. The Morgan fingerprint density at radius 1 is 1.38 bits per heavy atom. The van der Waals surface area contributed by atoms with Crippen molar-refractivity contribution in [3.8, 4) is 0 Å². The molecule has 0 atom stereocenters. The minimum Gasteiger partial charge on any atom is -0.520 e. The summed E-state index contributed by atoms with van der Waals surface area (Å²) in [4.78, 5) is 27.9. The Labute approximate surface area is 78.4 Å². The molecule has 0 aliphatic carbocycles. The van der Waals surface area contributed by atoms with Gasteiger partial charge in [-0.25, -0.2) is 0 Å². The van der Waals surface area contributed by atoms with Gasteiger partial charge in [0.25, 0.3) is 5.97 Å². The highest BCUT2D eigenvalue weighted by molar-refractivity contribution is 7.51. The highest BCUT2D eigenvalue weighted by Crippen LogP contribution is 2.34. The molecular weight excluding hydrogens is 211 g/mol. The standard InChI is InChI=1S/C6H15O5PSi/c1-13(2,3)11-6(7)4-5-12(8,9)10/h4-5H2,1-3H3,(H2,8,9,10). The SMILES string of the molecule is C[Si](C)(C)OC(=O)CCP(=O)(O)O. The summed E-state index contributed by atoms with van der Waals surface area (Å²) >= 11 is 0. The summed E-state index contributed by atoms with van der Waals surface area (Å²) in [6.45, 7) is 5.51. The van der Waals surface area contributed by atoms with E-state index in [-0.39, 0.29) is 6.42 Å². The Morgan fingerprint density at radius 3 is 2.15 bits per heavy atom. The monoisotopic (exact) mass is 226 g/mol. The molecule has 0 aromatic carbocycles. The van der Waals surface area contributed by atoms with E-state index < -0.39 is 28.0 Å². The average Bonchev–Trinajstić information content (AvgIpc) is 1.78. The zero-order chi connectivity index (χ0) is 10.7. The lowest BCUT2D eigenvalue weighted by molar-refractivity contribution is -0.134. The highest BCUT2D eigenvalue weighted by atomic mass is 31.2. The fourth-order valence-electron chi connectivity index (χ4n) is 0.629. The van der Waals surface area contributed by atoms with E-state index >= 15 is 0 Å². The average molecular weight is 226 g/mol. The zero-order valence-corrected chi connectivity index (χ0v) is 9.88. The second-order valence-corrected chi connectivity index (χ2v) is 9.93. The summed E-state index contributed by atoms with van der Waals surface area (Å²) in [7, 11) is -5.99. The van der Waals surface area contributed by atoms with E-state index in [1.165, 1.54) is 0 Å². The predicted molar refractivity (Wildman–Crippen MR) is 51.0 cm³/mol. The van der Waals surface area contributed by atoms with E-state index in [0.29, 0.717) is 0 Å². The van der Waals surface area contributed by atoms with Crippen LogP contribution in [0.15, 0.2) is 0 Å². The molecule has 5 nitrogen and oxygen atoms in total. The number of rotatable bonds is 4. The van der Waals surface area contributed by atoms with Gasteiger partial charge in [-0.2, -0.15) is 0 Å². The van der Waals surface area contributed by atoms with E-state index in [1.807, 2.05) is 19.6 Å². The van der Waals surface area contributed by atoms with Crippen molar-refractivity contribution < 1.29 is 23.6 Å². The summed E-state index contributed by atoms with van der Waals surface area (Å²) in [5.74, 6) is -0.525. The minimum absolute atomic E-state index is 0.214. The molecule has 0 bridgehead atoms. The van der Waals surface area contributed by atoms with Crippen LogP contribution in [-0.4, -0.2) is 30.2 Å². The van der Waals surface area contributed by atoms with Crippen LogP contribution in [0.5, 0.6) is 0 Å². The van der Waals surface area contributed by atoms with Crippen LogP contribution in [0.25, 0.3) is 0 Å². The molecule has 0 saturated carbocycles. The third-order valence-electron chi connectivity index (χ3n) is 1.03. The molecule has 0 unspecified atom stereocenters. The maximum absolute atomic E-state index is 11.0. The molecule has 0 heterocycles. The first-order chi connectivity index (χ1) is 5.60. The van der Waals surface area contributed by atoms with Crippen LogP contribution in [0, 0.1) is 0 Å². The van der Waals surface area contributed by atoms with Crippen LogP contribution in [0.1, 0.15) is 6.42 Å². The van der Waals surface area contributed by atoms with E-state index in [0.717, 1.165) is 0 Å². The van der Waals surface area contributed by atoms with Crippen molar-refractivity contribution in [2.45, 2.75) is 26.1 Å². The van der Waals surface area contributed by atoms with Crippen molar-refractivity contribution >= 4 is 21.9 Å². The zero-order valence-electron chi connectivity index (χ0n) is 7.98. The molecule has 0 aromatic rings. The van der Waals surface area contributed by atoms with Crippen molar-refractivity contribution in [3.05, 3.63) is 0 Å². The molecule has 2 N–H and O–H groups in total. The molecule has 0 fully saturated rings. The molecule has 0 radical (unpaired) electrons. The Morgan fingerprint density at radius 2 is 1.85 bits per heavy atom. The fraction of sp³-hybridized carbons (Fsp3) is 0.833. The molecular formula is C6H15O5PSi. The summed E-state index contributed by atoms with van der Waals surface area (Å²) in [6, 6.07) is 0. The van der Waals surface area contributed by atoms with Crippen LogP contribution in [0.4, 0.5) is 0 Å². The quantitative estimate of drug-likeness (QED) is 0.550. The molecule has 0 amide bonds. The molecule has 0 rings (SSSR count). The normalized spacial score (nSPS) is 12.7. The maximum atomic E-state index is 11.0. The Kier molecular flexibility index (Phi) is 4.31. The highest BCUT2D eigenvalue weighted by Gasteiger charge is 2.22. The molecule has 0 saturated heterocycles. The maximum Gasteiger partial charge on any atom is 0.326 e. The lowest BCUT2D eigenvalue weighted by Gasteiger charge is -2.17. The van der Waals surface area contributed by atoms with Crippen LogP contribution >= 0.6 is 7.60 Å². The minimum atomic E-state index is -4.07.